The molecule has 18 heavy (non-hydrogen) atoms. The van der Waals surface area contributed by atoms with Crippen molar-refractivity contribution in [2.45, 2.75) is 6.42 Å². The number of nitrogens with one attached hydrogen (secondary N) is 2. The molecule has 0 spiro atoms. The Hall–Kier alpha value is -1.25. The summed E-state index contributed by atoms with van der Waals surface area (Å²) in [6.45, 7) is 1.06. The van der Waals surface area contributed by atoms with Crippen LogP contribution in [0.5, 0.6) is 0 Å². The lowest BCUT2D eigenvalue weighted by Crippen LogP contribution is -2.34. The molecule has 6 nitrogen and oxygen atoms in total. The fourth-order valence-electron chi connectivity index (χ4n) is 1.27. The summed E-state index contributed by atoms with van der Waals surface area (Å²) >= 11 is 0. The van der Waals surface area contributed by atoms with Crippen LogP contribution in [0.1, 0.15) is 6.42 Å². The molecule has 0 bridgehead atoms. The Morgan fingerprint density at radius 1 is 1.50 bits per heavy atom. The van der Waals surface area contributed by atoms with E-state index >= 15 is 0 Å². The average molecular weight is 276 g/mol. The molecule has 0 saturated carbocycles. The second-order valence-corrected chi connectivity index (χ2v) is 5.52. The van der Waals surface area contributed by atoms with Crippen molar-refractivity contribution in [3.8, 4) is 0 Å². The third-order valence-electron chi connectivity index (χ3n) is 2.32. The number of anilines is 1. The standard InChI is InChI=1S/C10H17FN4O2S/c1-12-5-3-7-15(2)18(16,17)14-10-4-6-13-8-9(10)11/h4,6,8,12H,3,5,7H2,1-2H3,(H,13,14). The minimum Gasteiger partial charge on any atom is -0.320 e. The van der Waals surface area contributed by atoms with Gasteiger partial charge in [-0.05, 0) is 26.1 Å². The van der Waals surface area contributed by atoms with Crippen molar-refractivity contribution in [3.05, 3.63) is 24.3 Å². The molecule has 0 aromatic carbocycles. The molecule has 1 rings (SSSR count). The van der Waals surface area contributed by atoms with Crippen LogP contribution in [0.25, 0.3) is 0 Å². The van der Waals surface area contributed by atoms with Crippen molar-refractivity contribution < 1.29 is 12.8 Å². The fraction of sp³-hybridized carbons (Fsp3) is 0.500. The Morgan fingerprint density at radius 2 is 2.22 bits per heavy atom. The van der Waals surface area contributed by atoms with Crippen LogP contribution >= 0.6 is 0 Å². The van der Waals surface area contributed by atoms with E-state index in [-0.39, 0.29) is 5.69 Å². The molecule has 2 N–H and O–H groups in total. The molecule has 0 fully saturated rings. The Kier molecular flexibility index (Phi) is 5.45. The van der Waals surface area contributed by atoms with E-state index in [2.05, 4.69) is 15.0 Å². The number of aromatic nitrogens is 1. The van der Waals surface area contributed by atoms with Gasteiger partial charge in [0.05, 0.1) is 11.9 Å². The van der Waals surface area contributed by atoms with Gasteiger partial charge in [0.2, 0.25) is 0 Å². The fourth-order valence-corrected chi connectivity index (χ4v) is 2.24. The van der Waals surface area contributed by atoms with Gasteiger partial charge in [-0.15, -0.1) is 0 Å². The second-order valence-electron chi connectivity index (χ2n) is 3.74. The molecule has 0 amide bonds. The number of hydrogen-bond acceptors (Lipinski definition) is 4. The van der Waals surface area contributed by atoms with E-state index in [4.69, 9.17) is 0 Å². The number of rotatable bonds is 7. The Morgan fingerprint density at radius 3 is 2.83 bits per heavy atom. The van der Waals surface area contributed by atoms with E-state index in [0.29, 0.717) is 19.5 Å². The Labute approximate surface area is 106 Å². The van der Waals surface area contributed by atoms with Crippen molar-refractivity contribution in [2.24, 2.45) is 0 Å². The van der Waals surface area contributed by atoms with Gasteiger partial charge in [-0.2, -0.15) is 12.7 Å². The van der Waals surface area contributed by atoms with E-state index in [1.54, 1.807) is 7.05 Å². The molecule has 1 aromatic heterocycles. The van der Waals surface area contributed by atoms with Crippen LogP contribution in [0.4, 0.5) is 10.1 Å². The van der Waals surface area contributed by atoms with Crippen LogP contribution in [0.3, 0.4) is 0 Å². The van der Waals surface area contributed by atoms with Gasteiger partial charge in [0.1, 0.15) is 0 Å². The lowest BCUT2D eigenvalue weighted by Gasteiger charge is -2.18. The molecule has 1 aromatic rings. The predicted octanol–water partition coefficient (Wildman–Crippen LogP) is 0.419. The predicted molar refractivity (Wildman–Crippen MR) is 67.9 cm³/mol. The lowest BCUT2D eigenvalue weighted by molar-refractivity contribution is 0.462. The summed E-state index contributed by atoms with van der Waals surface area (Å²) in [5, 5.41) is 2.92. The molecule has 0 atom stereocenters. The van der Waals surface area contributed by atoms with E-state index in [0.717, 1.165) is 10.5 Å². The number of nitrogens with zero attached hydrogens (tertiary/aromatic N) is 2. The zero-order valence-electron chi connectivity index (χ0n) is 10.4. The van der Waals surface area contributed by atoms with Crippen LogP contribution in [0.2, 0.25) is 0 Å². The summed E-state index contributed by atoms with van der Waals surface area (Å²) in [6, 6.07) is 1.27. The summed E-state index contributed by atoms with van der Waals surface area (Å²) in [4.78, 5) is 3.55. The maximum absolute atomic E-state index is 13.3. The summed E-state index contributed by atoms with van der Waals surface area (Å²) in [5.74, 6) is -0.704. The van der Waals surface area contributed by atoms with Crippen LogP contribution in [-0.2, 0) is 10.2 Å². The third kappa shape index (κ3) is 4.21. The molecule has 102 valence electrons. The summed E-state index contributed by atoms with van der Waals surface area (Å²) in [6.07, 6.45) is 2.95. The van der Waals surface area contributed by atoms with E-state index < -0.39 is 16.0 Å². The van der Waals surface area contributed by atoms with Gasteiger partial charge in [0.25, 0.3) is 0 Å². The molecular formula is C10H17FN4O2S. The molecule has 0 aliphatic carbocycles. The van der Waals surface area contributed by atoms with Gasteiger partial charge < -0.3 is 5.32 Å². The normalized spacial score (nSPS) is 11.8. The minimum atomic E-state index is -3.73. The highest BCUT2D eigenvalue weighted by molar-refractivity contribution is 7.90. The first-order valence-corrected chi connectivity index (χ1v) is 6.89. The largest absolute Gasteiger partial charge is 0.320 e. The van der Waals surface area contributed by atoms with Crippen LogP contribution in [0.15, 0.2) is 18.5 Å². The highest BCUT2D eigenvalue weighted by atomic mass is 32.2. The number of hydrogen-bond donors (Lipinski definition) is 2. The molecular weight excluding hydrogens is 259 g/mol. The van der Waals surface area contributed by atoms with Gasteiger partial charge in [-0.3, -0.25) is 9.71 Å². The maximum Gasteiger partial charge on any atom is 0.301 e. The zero-order valence-corrected chi connectivity index (χ0v) is 11.2. The maximum atomic E-state index is 13.3. The highest BCUT2D eigenvalue weighted by Crippen LogP contribution is 2.14. The highest BCUT2D eigenvalue weighted by Gasteiger charge is 2.18. The molecule has 8 heteroatoms. The van der Waals surface area contributed by atoms with Crippen molar-refractivity contribution in [3.63, 3.8) is 0 Å². The van der Waals surface area contributed by atoms with Crippen molar-refractivity contribution >= 4 is 15.9 Å². The van der Waals surface area contributed by atoms with Crippen molar-refractivity contribution in [1.29, 1.82) is 0 Å². The molecule has 1 heterocycles. The van der Waals surface area contributed by atoms with Crippen LogP contribution in [0, 0.1) is 5.82 Å². The SMILES string of the molecule is CNCCCN(C)S(=O)(=O)Nc1ccncc1F. The molecule has 0 unspecified atom stereocenters. The quantitative estimate of drug-likeness (QED) is 0.708. The average Bonchev–Trinajstić information content (AvgIpc) is 2.32. The summed E-state index contributed by atoms with van der Waals surface area (Å²) in [7, 11) is -0.496. The van der Waals surface area contributed by atoms with Crippen molar-refractivity contribution in [2.75, 3.05) is 31.9 Å². The molecule has 0 radical (unpaired) electrons. The van der Waals surface area contributed by atoms with Crippen LogP contribution < -0.4 is 10.0 Å². The van der Waals surface area contributed by atoms with Gasteiger partial charge in [-0.1, -0.05) is 0 Å². The number of halogens is 1. The van der Waals surface area contributed by atoms with Gasteiger partial charge in [-0.25, -0.2) is 4.39 Å². The van der Waals surface area contributed by atoms with E-state index in [9.17, 15) is 12.8 Å². The molecule has 0 aliphatic rings. The summed E-state index contributed by atoms with van der Waals surface area (Å²) < 4.78 is 40.3. The summed E-state index contributed by atoms with van der Waals surface area (Å²) in [5.41, 5.74) is -0.106. The monoisotopic (exact) mass is 276 g/mol. The topological polar surface area (TPSA) is 74.3 Å². The van der Waals surface area contributed by atoms with Gasteiger partial charge >= 0.3 is 10.2 Å². The minimum absolute atomic E-state index is 0.106. The smallest absolute Gasteiger partial charge is 0.301 e. The van der Waals surface area contributed by atoms with Crippen molar-refractivity contribution in [1.82, 2.24) is 14.6 Å². The second kappa shape index (κ2) is 6.62. The Bertz CT molecular complexity index is 481. The zero-order chi connectivity index (χ0) is 13.6. The third-order valence-corrected chi connectivity index (χ3v) is 3.80. The van der Waals surface area contributed by atoms with Gasteiger partial charge in [0, 0.05) is 19.8 Å². The lowest BCUT2D eigenvalue weighted by atomic mass is 10.4. The van der Waals surface area contributed by atoms with Gasteiger partial charge in [0.15, 0.2) is 5.82 Å². The molecule has 0 aliphatic heterocycles. The Balaban J connectivity index is 2.67. The first-order valence-electron chi connectivity index (χ1n) is 5.45. The first kappa shape index (κ1) is 14.8. The van der Waals surface area contributed by atoms with E-state index in [1.165, 1.54) is 19.3 Å². The van der Waals surface area contributed by atoms with E-state index in [1.807, 2.05) is 0 Å². The van der Waals surface area contributed by atoms with Crippen LogP contribution in [-0.4, -0.2) is 44.9 Å². The first-order chi connectivity index (χ1) is 8.47. The number of pyridine rings is 1. The molecule has 0 saturated heterocycles.